The molecular formula is C21H17N3O4. The first-order chi connectivity index (χ1) is 13.5. The van der Waals surface area contributed by atoms with Crippen molar-refractivity contribution in [3.63, 3.8) is 0 Å². The topological polar surface area (TPSA) is 111 Å². The molecule has 0 fully saturated rings. The second-order valence-corrected chi connectivity index (χ2v) is 6.34. The van der Waals surface area contributed by atoms with Gasteiger partial charge in [0.1, 0.15) is 22.6 Å². The summed E-state index contributed by atoms with van der Waals surface area (Å²) in [4.78, 5) is 20.9. The summed E-state index contributed by atoms with van der Waals surface area (Å²) in [6, 6.07) is 14.0. The lowest BCUT2D eigenvalue weighted by atomic mass is 10.1. The Kier molecular flexibility index (Phi) is 4.19. The van der Waals surface area contributed by atoms with Gasteiger partial charge in [0.2, 0.25) is 5.95 Å². The van der Waals surface area contributed by atoms with Crippen molar-refractivity contribution in [1.29, 1.82) is 0 Å². The van der Waals surface area contributed by atoms with Crippen LogP contribution in [0.3, 0.4) is 0 Å². The zero-order valence-electron chi connectivity index (χ0n) is 15.3. The number of fused-ring (bicyclic) bond motifs is 1. The van der Waals surface area contributed by atoms with Crippen LogP contribution in [0.25, 0.3) is 33.5 Å². The lowest BCUT2D eigenvalue weighted by molar-refractivity contribution is 0.415. The van der Waals surface area contributed by atoms with Crippen molar-refractivity contribution in [2.45, 2.75) is 6.92 Å². The van der Waals surface area contributed by atoms with E-state index in [2.05, 4.69) is 9.97 Å². The normalized spacial score (nSPS) is 10.9. The van der Waals surface area contributed by atoms with Crippen LogP contribution >= 0.6 is 0 Å². The number of methoxy groups -OCH3 is 1. The van der Waals surface area contributed by atoms with E-state index in [0.717, 1.165) is 11.1 Å². The van der Waals surface area contributed by atoms with E-state index < -0.39 is 5.63 Å². The molecule has 0 atom stereocenters. The molecule has 0 spiro atoms. The lowest BCUT2D eigenvalue weighted by Crippen LogP contribution is -2.07. The lowest BCUT2D eigenvalue weighted by Gasteiger charge is -2.09. The fourth-order valence-electron chi connectivity index (χ4n) is 3.02. The first-order valence-electron chi connectivity index (χ1n) is 8.52. The van der Waals surface area contributed by atoms with E-state index in [9.17, 15) is 9.90 Å². The summed E-state index contributed by atoms with van der Waals surface area (Å²) in [5.74, 6) is 0.477. The summed E-state index contributed by atoms with van der Waals surface area (Å²) >= 11 is 0. The van der Waals surface area contributed by atoms with Crippen molar-refractivity contribution in [3.8, 4) is 34.0 Å². The number of nitrogens with zero attached hydrogens (tertiary/aromatic N) is 2. The molecule has 0 saturated heterocycles. The molecule has 4 aromatic rings. The van der Waals surface area contributed by atoms with Crippen LogP contribution in [0.15, 0.2) is 57.7 Å². The molecule has 0 bridgehead atoms. The molecule has 28 heavy (non-hydrogen) atoms. The van der Waals surface area contributed by atoms with Crippen molar-refractivity contribution in [3.05, 3.63) is 64.5 Å². The number of hydrogen-bond acceptors (Lipinski definition) is 7. The van der Waals surface area contributed by atoms with Crippen LogP contribution in [0.4, 0.5) is 5.95 Å². The number of nitrogen functional groups attached to an aromatic ring is 1. The minimum atomic E-state index is -0.700. The maximum Gasteiger partial charge on any atom is 0.349 e. The Morgan fingerprint density at radius 3 is 2.46 bits per heavy atom. The third-order valence-electron chi connectivity index (χ3n) is 4.42. The van der Waals surface area contributed by atoms with Crippen molar-refractivity contribution in [2.24, 2.45) is 0 Å². The molecule has 0 aliphatic heterocycles. The Balaban J connectivity index is 1.91. The van der Waals surface area contributed by atoms with Crippen LogP contribution in [0, 0.1) is 6.92 Å². The molecule has 0 saturated carbocycles. The Labute approximate surface area is 160 Å². The third-order valence-corrected chi connectivity index (χ3v) is 4.42. The number of benzene rings is 2. The van der Waals surface area contributed by atoms with Crippen molar-refractivity contribution >= 4 is 16.9 Å². The highest BCUT2D eigenvalue weighted by atomic mass is 16.5. The van der Waals surface area contributed by atoms with E-state index in [-0.39, 0.29) is 23.0 Å². The maximum atomic E-state index is 12.6. The molecule has 2 aromatic carbocycles. The highest BCUT2D eigenvalue weighted by Crippen LogP contribution is 2.34. The summed E-state index contributed by atoms with van der Waals surface area (Å²) < 4.78 is 10.5. The molecule has 3 N–H and O–H groups in total. The molecule has 2 heterocycles. The SMILES string of the molecule is COc1ccc(-c2cc(-c3c(O)c4ccc(C)cc4oc3=O)nc(N)n2)cc1. The van der Waals surface area contributed by atoms with Gasteiger partial charge >= 0.3 is 5.63 Å². The number of rotatable bonds is 3. The molecule has 0 aliphatic rings. The van der Waals surface area contributed by atoms with Crippen LogP contribution in [0.2, 0.25) is 0 Å². The molecule has 0 aliphatic carbocycles. The monoisotopic (exact) mass is 375 g/mol. The Morgan fingerprint density at radius 2 is 1.75 bits per heavy atom. The maximum absolute atomic E-state index is 12.6. The van der Waals surface area contributed by atoms with Gasteiger partial charge in [-0.2, -0.15) is 0 Å². The molecule has 0 unspecified atom stereocenters. The first-order valence-corrected chi connectivity index (χ1v) is 8.52. The predicted molar refractivity (Wildman–Crippen MR) is 106 cm³/mol. The van der Waals surface area contributed by atoms with Crippen LogP contribution in [0.5, 0.6) is 11.5 Å². The van der Waals surface area contributed by atoms with Gasteiger partial charge in [-0.05, 0) is 55.0 Å². The van der Waals surface area contributed by atoms with Gasteiger partial charge in [0.15, 0.2) is 0 Å². The molecule has 140 valence electrons. The molecule has 0 radical (unpaired) electrons. The largest absolute Gasteiger partial charge is 0.506 e. The average molecular weight is 375 g/mol. The first kappa shape index (κ1) is 17.5. The highest BCUT2D eigenvalue weighted by molar-refractivity contribution is 5.90. The second kappa shape index (κ2) is 6.70. The van der Waals surface area contributed by atoms with Gasteiger partial charge in [0.25, 0.3) is 0 Å². The van der Waals surface area contributed by atoms with Crippen molar-refractivity contribution in [1.82, 2.24) is 9.97 Å². The Morgan fingerprint density at radius 1 is 1.04 bits per heavy atom. The number of aryl methyl sites for hydroxylation is 1. The fourth-order valence-corrected chi connectivity index (χ4v) is 3.02. The average Bonchev–Trinajstić information content (AvgIpc) is 2.67. The van der Waals surface area contributed by atoms with E-state index in [1.807, 2.05) is 25.1 Å². The standard InChI is InChI=1S/C21H17N3O4/c1-11-3-8-14-17(9-11)28-20(26)18(19(14)25)16-10-15(23-21(22)24-16)12-4-6-13(27-2)7-5-12/h3-10,25H,1-2H3,(H2,22,23,24). The van der Waals surface area contributed by atoms with Crippen LogP contribution in [0.1, 0.15) is 5.56 Å². The summed E-state index contributed by atoms with van der Waals surface area (Å²) in [6.45, 7) is 1.87. The van der Waals surface area contributed by atoms with E-state index in [1.54, 1.807) is 37.4 Å². The van der Waals surface area contributed by atoms with E-state index >= 15 is 0 Å². The van der Waals surface area contributed by atoms with Crippen molar-refractivity contribution < 1.29 is 14.3 Å². The molecular weight excluding hydrogens is 358 g/mol. The molecule has 7 heteroatoms. The van der Waals surface area contributed by atoms with Gasteiger partial charge in [0, 0.05) is 5.56 Å². The van der Waals surface area contributed by atoms with Crippen LogP contribution < -0.4 is 16.1 Å². The molecule has 4 rings (SSSR count). The van der Waals surface area contributed by atoms with Gasteiger partial charge in [-0.3, -0.25) is 0 Å². The number of anilines is 1. The summed E-state index contributed by atoms with van der Waals surface area (Å²) in [6.07, 6.45) is 0. The van der Waals surface area contributed by atoms with E-state index in [1.165, 1.54) is 0 Å². The number of aromatic nitrogens is 2. The third kappa shape index (κ3) is 3.03. The Hall–Kier alpha value is -3.87. The van der Waals surface area contributed by atoms with Gasteiger partial charge < -0.3 is 20.0 Å². The quantitative estimate of drug-likeness (QED) is 0.527. The van der Waals surface area contributed by atoms with E-state index in [0.29, 0.717) is 22.4 Å². The number of hydrogen-bond donors (Lipinski definition) is 2. The van der Waals surface area contributed by atoms with Crippen LogP contribution in [-0.2, 0) is 0 Å². The van der Waals surface area contributed by atoms with Crippen molar-refractivity contribution in [2.75, 3.05) is 12.8 Å². The number of nitrogens with two attached hydrogens (primary N) is 1. The second-order valence-electron chi connectivity index (χ2n) is 6.34. The van der Waals surface area contributed by atoms with Crippen LogP contribution in [-0.4, -0.2) is 22.2 Å². The zero-order chi connectivity index (χ0) is 19.8. The minimum Gasteiger partial charge on any atom is -0.506 e. The summed E-state index contributed by atoms with van der Waals surface area (Å²) in [5, 5.41) is 11.1. The van der Waals surface area contributed by atoms with Gasteiger partial charge in [-0.25, -0.2) is 14.8 Å². The Bertz CT molecular complexity index is 1250. The zero-order valence-corrected chi connectivity index (χ0v) is 15.3. The minimum absolute atomic E-state index is 0.0221. The van der Waals surface area contributed by atoms with Gasteiger partial charge in [-0.1, -0.05) is 6.07 Å². The molecule has 0 amide bonds. The number of aromatic hydroxyl groups is 1. The smallest absolute Gasteiger partial charge is 0.349 e. The highest BCUT2D eigenvalue weighted by Gasteiger charge is 2.19. The van der Waals surface area contributed by atoms with E-state index in [4.69, 9.17) is 14.9 Å². The van der Waals surface area contributed by atoms with Gasteiger partial charge in [0.05, 0.1) is 23.9 Å². The summed E-state index contributed by atoms with van der Waals surface area (Å²) in [5.41, 5.74) is 7.78. The number of ether oxygens (including phenoxy) is 1. The fraction of sp³-hybridized carbons (Fsp3) is 0.0952. The van der Waals surface area contributed by atoms with Gasteiger partial charge in [-0.15, -0.1) is 0 Å². The molecule has 7 nitrogen and oxygen atoms in total. The molecule has 2 aromatic heterocycles. The predicted octanol–water partition coefficient (Wildman–Crippen LogP) is 3.52. The summed E-state index contributed by atoms with van der Waals surface area (Å²) in [7, 11) is 1.58.